The number of amides is 2. The summed E-state index contributed by atoms with van der Waals surface area (Å²) in [5.41, 5.74) is 16.4. The minimum absolute atomic E-state index is 0.0858. The molecule has 0 aliphatic heterocycles. The van der Waals surface area contributed by atoms with Crippen LogP contribution in [-0.4, -0.2) is 52.5 Å². The predicted octanol–water partition coefficient (Wildman–Crippen LogP) is 0.487. The van der Waals surface area contributed by atoms with Crippen LogP contribution in [0.15, 0.2) is 29.3 Å². The van der Waals surface area contributed by atoms with Gasteiger partial charge in [-0.15, -0.1) is 0 Å². The van der Waals surface area contributed by atoms with Gasteiger partial charge in [-0.3, -0.25) is 29.6 Å². The molecule has 0 saturated heterocycles. The number of imide groups is 1. The van der Waals surface area contributed by atoms with Gasteiger partial charge in [0.15, 0.2) is 5.96 Å². The van der Waals surface area contributed by atoms with Crippen LogP contribution >= 0.6 is 0 Å². The van der Waals surface area contributed by atoms with Crippen molar-refractivity contribution in [1.29, 1.82) is 0 Å². The number of benzene rings is 1. The van der Waals surface area contributed by atoms with Crippen LogP contribution in [0.4, 0.5) is 5.69 Å². The molecule has 2 amide bonds. The Morgan fingerprint density at radius 3 is 2.45 bits per heavy atom. The summed E-state index contributed by atoms with van der Waals surface area (Å²) in [5, 5.41) is 11.3. The maximum atomic E-state index is 13.1. The van der Waals surface area contributed by atoms with Crippen LogP contribution in [0.25, 0.3) is 0 Å². The standard InChI is InChI=1S/C20H30N6O5/c1-13(2)10-16(21)19(29)25(15(12-27)7-5-9-24-20(22)23)18(28)11-14-6-3-4-8-17(14)26(30)31/h3-4,6,8,12-13,15-16H,5,7,9-11,21H2,1-2H3,(H4,22,23,24)/t15-,16-/m0/s1. The van der Waals surface area contributed by atoms with Crippen molar-refractivity contribution in [3.63, 3.8) is 0 Å². The molecule has 0 spiro atoms. The first-order valence-electron chi connectivity index (χ1n) is 9.92. The Morgan fingerprint density at radius 2 is 1.90 bits per heavy atom. The third-order valence-electron chi connectivity index (χ3n) is 4.52. The van der Waals surface area contributed by atoms with Gasteiger partial charge in [-0.05, 0) is 25.2 Å². The Hall–Kier alpha value is -3.34. The zero-order chi connectivity index (χ0) is 23.6. The SMILES string of the molecule is CC(C)C[C@H](N)C(=O)N(C(=O)Cc1ccccc1[N+](=O)[O-])[C@H](C=O)CCCN=C(N)N. The molecular weight excluding hydrogens is 404 g/mol. The minimum atomic E-state index is -1.09. The van der Waals surface area contributed by atoms with Crippen LogP contribution in [0, 0.1) is 16.0 Å². The van der Waals surface area contributed by atoms with E-state index < -0.39 is 35.2 Å². The summed E-state index contributed by atoms with van der Waals surface area (Å²) in [6.07, 6.45) is 0.850. The lowest BCUT2D eigenvalue weighted by atomic mass is 10.0. The van der Waals surface area contributed by atoms with Gasteiger partial charge in [0.25, 0.3) is 5.69 Å². The van der Waals surface area contributed by atoms with Crippen molar-refractivity contribution < 1.29 is 19.3 Å². The van der Waals surface area contributed by atoms with Crippen molar-refractivity contribution in [2.75, 3.05) is 6.54 Å². The molecule has 0 bridgehead atoms. The van der Waals surface area contributed by atoms with Gasteiger partial charge in [0.1, 0.15) is 6.29 Å². The van der Waals surface area contributed by atoms with E-state index in [1.54, 1.807) is 6.07 Å². The van der Waals surface area contributed by atoms with Crippen LogP contribution in [0.1, 0.15) is 38.7 Å². The van der Waals surface area contributed by atoms with Crippen LogP contribution in [0.3, 0.4) is 0 Å². The summed E-state index contributed by atoms with van der Waals surface area (Å²) in [7, 11) is 0. The lowest BCUT2D eigenvalue weighted by molar-refractivity contribution is -0.385. The van der Waals surface area contributed by atoms with Gasteiger partial charge in [-0.1, -0.05) is 32.0 Å². The third-order valence-corrected chi connectivity index (χ3v) is 4.52. The summed E-state index contributed by atoms with van der Waals surface area (Å²) in [5.74, 6) is -1.46. The second-order valence-corrected chi connectivity index (χ2v) is 7.55. The van der Waals surface area contributed by atoms with E-state index in [0.717, 1.165) is 4.90 Å². The molecule has 0 aromatic heterocycles. The van der Waals surface area contributed by atoms with Gasteiger partial charge in [-0.2, -0.15) is 0 Å². The van der Waals surface area contributed by atoms with Crippen molar-refractivity contribution in [3.05, 3.63) is 39.9 Å². The highest BCUT2D eigenvalue weighted by molar-refractivity contribution is 6.01. The number of para-hydroxylation sites is 1. The van der Waals surface area contributed by atoms with E-state index in [1.807, 2.05) is 13.8 Å². The first-order valence-corrected chi connectivity index (χ1v) is 9.92. The number of hydrogen-bond donors (Lipinski definition) is 3. The molecule has 1 aromatic carbocycles. The average molecular weight is 434 g/mol. The Balaban J connectivity index is 3.17. The molecule has 0 radical (unpaired) electrons. The summed E-state index contributed by atoms with van der Waals surface area (Å²) in [6.45, 7) is 3.96. The molecule has 170 valence electrons. The summed E-state index contributed by atoms with van der Waals surface area (Å²) < 4.78 is 0. The number of carbonyl (C=O) groups excluding carboxylic acids is 3. The largest absolute Gasteiger partial charge is 0.370 e. The Kier molecular flexibility index (Phi) is 10.3. The van der Waals surface area contributed by atoms with Gasteiger partial charge < -0.3 is 22.0 Å². The summed E-state index contributed by atoms with van der Waals surface area (Å²) >= 11 is 0. The molecule has 0 aliphatic rings. The van der Waals surface area contributed by atoms with Crippen molar-refractivity contribution in [2.45, 2.75) is 51.6 Å². The first-order chi connectivity index (χ1) is 14.6. The third kappa shape index (κ3) is 8.13. The molecule has 0 saturated carbocycles. The summed E-state index contributed by atoms with van der Waals surface area (Å²) in [6, 6.07) is 3.65. The second kappa shape index (κ2) is 12.4. The van der Waals surface area contributed by atoms with Crippen LogP contribution in [0.2, 0.25) is 0 Å². The van der Waals surface area contributed by atoms with Gasteiger partial charge in [-0.25, -0.2) is 0 Å². The molecule has 6 N–H and O–H groups in total. The van der Waals surface area contributed by atoms with Crippen LogP contribution < -0.4 is 17.2 Å². The molecule has 11 nitrogen and oxygen atoms in total. The average Bonchev–Trinajstić information content (AvgIpc) is 2.69. The lowest BCUT2D eigenvalue weighted by Gasteiger charge is -2.29. The molecule has 11 heteroatoms. The van der Waals surface area contributed by atoms with Gasteiger partial charge in [0.05, 0.1) is 23.4 Å². The van der Waals surface area contributed by atoms with Gasteiger partial charge >= 0.3 is 0 Å². The van der Waals surface area contributed by atoms with E-state index >= 15 is 0 Å². The number of nitrogens with zero attached hydrogens (tertiary/aromatic N) is 3. The Morgan fingerprint density at radius 1 is 1.26 bits per heavy atom. The number of hydrogen-bond acceptors (Lipinski definition) is 7. The molecule has 0 unspecified atom stereocenters. The van der Waals surface area contributed by atoms with Gasteiger partial charge in [0.2, 0.25) is 11.8 Å². The maximum absolute atomic E-state index is 13.1. The zero-order valence-electron chi connectivity index (χ0n) is 17.8. The highest BCUT2D eigenvalue weighted by Crippen LogP contribution is 2.20. The van der Waals surface area contributed by atoms with E-state index in [1.165, 1.54) is 18.2 Å². The monoisotopic (exact) mass is 434 g/mol. The number of aldehydes is 1. The molecule has 1 rings (SSSR count). The van der Waals surface area contributed by atoms with Crippen molar-refractivity contribution in [2.24, 2.45) is 28.1 Å². The first kappa shape index (κ1) is 25.7. The number of nitrogens with two attached hydrogens (primary N) is 3. The van der Waals surface area contributed by atoms with E-state index in [9.17, 15) is 24.5 Å². The number of nitro groups is 1. The van der Waals surface area contributed by atoms with Crippen molar-refractivity contribution >= 4 is 29.7 Å². The minimum Gasteiger partial charge on any atom is -0.370 e. The Bertz CT molecular complexity index is 822. The molecule has 2 atom stereocenters. The normalized spacial score (nSPS) is 12.6. The van der Waals surface area contributed by atoms with Crippen LogP contribution in [-0.2, 0) is 20.8 Å². The molecule has 0 aliphatic carbocycles. The number of carbonyl (C=O) groups is 3. The smallest absolute Gasteiger partial charge is 0.273 e. The summed E-state index contributed by atoms with van der Waals surface area (Å²) in [4.78, 5) is 53.1. The fourth-order valence-electron chi connectivity index (χ4n) is 3.11. The molecule has 31 heavy (non-hydrogen) atoms. The van der Waals surface area contributed by atoms with Gasteiger partial charge in [0, 0.05) is 18.2 Å². The topological polar surface area (TPSA) is 188 Å². The molecule has 0 fully saturated rings. The van der Waals surface area contributed by atoms with E-state index in [0.29, 0.717) is 19.1 Å². The van der Waals surface area contributed by atoms with Crippen molar-refractivity contribution in [3.8, 4) is 0 Å². The number of rotatable bonds is 12. The van der Waals surface area contributed by atoms with E-state index in [4.69, 9.17) is 17.2 Å². The van der Waals surface area contributed by atoms with E-state index in [2.05, 4.69) is 4.99 Å². The number of guanidine groups is 1. The highest BCUT2D eigenvalue weighted by Gasteiger charge is 2.33. The lowest BCUT2D eigenvalue weighted by Crippen LogP contribution is -2.53. The zero-order valence-corrected chi connectivity index (χ0v) is 17.8. The second-order valence-electron chi connectivity index (χ2n) is 7.55. The molecular formula is C20H30N6O5. The maximum Gasteiger partial charge on any atom is 0.273 e. The Labute approximate surface area is 180 Å². The van der Waals surface area contributed by atoms with Crippen LogP contribution in [0.5, 0.6) is 0 Å². The number of nitro benzene ring substituents is 1. The predicted molar refractivity (Wildman–Crippen MR) is 116 cm³/mol. The molecule has 1 aromatic rings. The highest BCUT2D eigenvalue weighted by atomic mass is 16.6. The van der Waals surface area contributed by atoms with Crippen molar-refractivity contribution in [1.82, 2.24) is 4.90 Å². The fraction of sp³-hybridized carbons (Fsp3) is 0.500. The fourth-order valence-corrected chi connectivity index (χ4v) is 3.11. The quantitative estimate of drug-likeness (QED) is 0.106. The van der Waals surface area contributed by atoms with E-state index in [-0.39, 0.29) is 36.1 Å². The molecule has 0 heterocycles. The number of aliphatic imine (C=N–C) groups is 1.